The third-order valence-electron chi connectivity index (χ3n) is 13.9. The molecule has 10 rings (SSSR count). The van der Waals surface area contributed by atoms with Crippen molar-refractivity contribution in [3.63, 3.8) is 0 Å². The molecule has 3 aromatic carbocycles. The SMILES string of the molecule is Cc1c(-c2cc(N3C(=O)C4CC5C(=CCC6C(=O)N(C7CCN(Cc8ccccc8)CC7)C(=O)C65)C(c5cccc(O)c5)C4(C)C3=O)n(C)n2)sc2ccc(Cl)cc12. The number of hydrogen-bond acceptors (Lipinski definition) is 8. The van der Waals surface area contributed by atoms with Crippen LogP contribution in [0, 0.1) is 36.0 Å². The van der Waals surface area contributed by atoms with Crippen molar-refractivity contribution in [2.24, 2.45) is 36.1 Å². The number of nitrogens with zero attached hydrogens (tertiary/aromatic N) is 5. The van der Waals surface area contributed by atoms with Crippen LogP contribution in [0.1, 0.15) is 55.2 Å². The zero-order valence-corrected chi connectivity index (χ0v) is 34.2. The van der Waals surface area contributed by atoms with Crippen LogP contribution in [0.15, 0.2) is 90.5 Å². The first-order valence-electron chi connectivity index (χ1n) is 20.2. The van der Waals surface area contributed by atoms with Gasteiger partial charge in [-0.2, -0.15) is 5.10 Å². The highest BCUT2D eigenvalue weighted by molar-refractivity contribution is 7.22. The number of piperidine rings is 1. The van der Waals surface area contributed by atoms with E-state index in [0.717, 1.165) is 45.7 Å². The van der Waals surface area contributed by atoms with Gasteiger partial charge in [-0.3, -0.25) is 33.7 Å². The van der Waals surface area contributed by atoms with Crippen LogP contribution in [-0.2, 0) is 32.8 Å². The fraction of sp³-hybridized carbons (Fsp3) is 0.370. The molecule has 5 heterocycles. The third-order valence-corrected chi connectivity index (χ3v) is 15.4. The summed E-state index contributed by atoms with van der Waals surface area (Å²) in [4.78, 5) is 65.2. The standard InChI is InChI=1S/C46H44ClN5O5S/c1-25-33-21-28(47)12-15-37(33)58-41(25)36-23-38(49(3)48-36)52-43(55)35-22-34-31(40(46(35,2)45(52)57)27-10-7-11-30(53)20-27)13-14-32-39(34)44(56)51(42(32)54)29-16-18-50(19-17-29)24-26-8-5-4-6-9-26/h4-13,15,20-21,23,29,32,34-35,39-40,53H,14,16-19,22,24H2,1-3H3. The first kappa shape index (κ1) is 37.2. The minimum Gasteiger partial charge on any atom is -0.508 e. The molecule has 12 heteroatoms. The molecule has 2 aliphatic carbocycles. The Hall–Kier alpha value is -5.10. The van der Waals surface area contributed by atoms with E-state index in [2.05, 4.69) is 23.1 Å². The van der Waals surface area contributed by atoms with Crippen molar-refractivity contribution in [3.8, 4) is 16.3 Å². The molecule has 1 N–H and O–H groups in total. The van der Waals surface area contributed by atoms with Gasteiger partial charge in [0.1, 0.15) is 17.3 Å². The van der Waals surface area contributed by atoms with Crippen molar-refractivity contribution in [2.75, 3.05) is 18.0 Å². The zero-order valence-electron chi connectivity index (χ0n) is 32.6. The number of thiophene rings is 1. The number of hydrogen-bond donors (Lipinski definition) is 1. The van der Waals surface area contributed by atoms with Gasteiger partial charge in [0, 0.05) is 54.4 Å². The quantitative estimate of drug-likeness (QED) is 0.137. The second-order valence-corrected chi connectivity index (χ2v) is 18.5. The third kappa shape index (κ3) is 5.57. The monoisotopic (exact) mass is 813 g/mol. The number of carbonyl (C=O) groups is 4. The van der Waals surface area contributed by atoms with Crippen LogP contribution in [0.2, 0.25) is 5.02 Å². The molecule has 1 saturated carbocycles. The Bertz CT molecular complexity index is 2570. The summed E-state index contributed by atoms with van der Waals surface area (Å²) in [5, 5.41) is 17.2. The number of likely N-dealkylation sites (tertiary alicyclic amines) is 2. The van der Waals surface area contributed by atoms with E-state index in [0.29, 0.717) is 41.4 Å². The van der Waals surface area contributed by atoms with E-state index in [-0.39, 0.29) is 41.8 Å². The van der Waals surface area contributed by atoms with Crippen molar-refractivity contribution in [3.05, 3.63) is 112 Å². The molecule has 0 radical (unpaired) electrons. The van der Waals surface area contributed by atoms with Crippen LogP contribution in [0.25, 0.3) is 20.7 Å². The van der Waals surface area contributed by atoms with Crippen LogP contribution in [0.4, 0.5) is 5.82 Å². The molecule has 4 fully saturated rings. The lowest BCUT2D eigenvalue weighted by Gasteiger charge is -2.49. The molecule has 0 bridgehead atoms. The topological polar surface area (TPSA) is 116 Å². The van der Waals surface area contributed by atoms with Gasteiger partial charge in [0.15, 0.2) is 0 Å². The van der Waals surface area contributed by atoms with Crippen molar-refractivity contribution >= 4 is 62.5 Å². The smallest absolute Gasteiger partial charge is 0.242 e. The Morgan fingerprint density at radius 1 is 0.914 bits per heavy atom. The van der Waals surface area contributed by atoms with Crippen LogP contribution in [-0.4, -0.2) is 67.4 Å². The van der Waals surface area contributed by atoms with E-state index in [9.17, 15) is 19.5 Å². The highest BCUT2D eigenvalue weighted by Gasteiger charge is 2.68. The molecule has 3 aliphatic heterocycles. The predicted octanol–water partition coefficient (Wildman–Crippen LogP) is 7.86. The summed E-state index contributed by atoms with van der Waals surface area (Å²) >= 11 is 7.92. The molecule has 5 aromatic rings. The average Bonchev–Trinajstić information content (AvgIpc) is 3.88. The molecule has 296 valence electrons. The number of fused-ring (bicyclic) bond motifs is 5. The Morgan fingerprint density at radius 3 is 2.45 bits per heavy atom. The van der Waals surface area contributed by atoms with E-state index < -0.39 is 35.0 Å². The number of rotatable bonds is 6. The normalized spacial score (nSPS) is 27.7. The first-order chi connectivity index (χ1) is 27.9. The highest BCUT2D eigenvalue weighted by atomic mass is 35.5. The summed E-state index contributed by atoms with van der Waals surface area (Å²) in [6, 6.07) is 24.6. The largest absolute Gasteiger partial charge is 0.508 e. The van der Waals surface area contributed by atoms with Crippen LogP contribution in [0.5, 0.6) is 5.75 Å². The lowest BCUT2D eigenvalue weighted by atomic mass is 9.51. The molecular formula is C46H44ClN5O5S. The number of aromatic hydroxyl groups is 1. The number of carbonyl (C=O) groups excluding carboxylic acids is 4. The summed E-state index contributed by atoms with van der Waals surface area (Å²) < 4.78 is 2.66. The predicted molar refractivity (Wildman–Crippen MR) is 223 cm³/mol. The van der Waals surface area contributed by atoms with Gasteiger partial charge in [0.2, 0.25) is 23.6 Å². The second-order valence-electron chi connectivity index (χ2n) is 17.0. The van der Waals surface area contributed by atoms with Gasteiger partial charge in [0.25, 0.3) is 0 Å². The zero-order chi connectivity index (χ0) is 40.2. The maximum absolute atomic E-state index is 15.1. The number of aryl methyl sites for hydroxylation is 2. The number of imide groups is 2. The van der Waals surface area contributed by atoms with Gasteiger partial charge >= 0.3 is 0 Å². The fourth-order valence-corrected chi connectivity index (χ4v) is 12.4. The Labute approximate surface area is 345 Å². The summed E-state index contributed by atoms with van der Waals surface area (Å²) in [5.41, 5.74) is 3.28. The van der Waals surface area contributed by atoms with E-state index in [1.165, 1.54) is 10.5 Å². The van der Waals surface area contributed by atoms with Gasteiger partial charge in [0.05, 0.1) is 28.0 Å². The van der Waals surface area contributed by atoms with Gasteiger partial charge < -0.3 is 5.11 Å². The number of halogens is 1. The molecule has 5 aliphatic rings. The molecule has 6 atom stereocenters. The molecule has 0 spiro atoms. The summed E-state index contributed by atoms with van der Waals surface area (Å²) in [6.07, 6.45) is 4.15. The summed E-state index contributed by atoms with van der Waals surface area (Å²) in [5.74, 6) is -3.48. The summed E-state index contributed by atoms with van der Waals surface area (Å²) in [7, 11) is 1.74. The maximum Gasteiger partial charge on any atom is 0.242 e. The molecular weight excluding hydrogens is 770 g/mol. The van der Waals surface area contributed by atoms with E-state index in [1.54, 1.807) is 46.2 Å². The van der Waals surface area contributed by atoms with Crippen molar-refractivity contribution < 1.29 is 24.3 Å². The minimum atomic E-state index is -1.23. The van der Waals surface area contributed by atoms with Crippen LogP contribution < -0.4 is 4.90 Å². The summed E-state index contributed by atoms with van der Waals surface area (Å²) in [6.45, 7) is 6.30. The maximum atomic E-state index is 15.1. The Balaban J connectivity index is 0.984. The van der Waals surface area contributed by atoms with Crippen LogP contribution in [0.3, 0.4) is 0 Å². The lowest BCUT2D eigenvalue weighted by Crippen LogP contribution is -2.49. The molecule has 2 aromatic heterocycles. The molecule has 3 saturated heterocycles. The highest BCUT2D eigenvalue weighted by Crippen LogP contribution is 2.64. The van der Waals surface area contributed by atoms with E-state index in [4.69, 9.17) is 16.7 Å². The number of phenolic OH excluding ortho intramolecular Hbond substituents is 1. The number of allylic oxidation sites excluding steroid dienone is 2. The number of benzene rings is 3. The second kappa shape index (κ2) is 13.7. The number of amides is 4. The van der Waals surface area contributed by atoms with E-state index in [1.807, 2.05) is 62.4 Å². The van der Waals surface area contributed by atoms with E-state index >= 15 is 4.79 Å². The molecule has 10 nitrogen and oxygen atoms in total. The molecule has 4 amide bonds. The Kier molecular flexibility index (Phi) is 8.81. The molecule has 58 heavy (non-hydrogen) atoms. The van der Waals surface area contributed by atoms with Gasteiger partial charge in [-0.1, -0.05) is 65.7 Å². The van der Waals surface area contributed by atoms with Crippen molar-refractivity contribution in [2.45, 2.75) is 58.0 Å². The number of aromatic nitrogens is 2. The number of anilines is 1. The molecule has 6 unspecified atom stereocenters. The van der Waals surface area contributed by atoms with Crippen LogP contribution >= 0.6 is 22.9 Å². The van der Waals surface area contributed by atoms with Gasteiger partial charge in [-0.25, -0.2) is 4.90 Å². The van der Waals surface area contributed by atoms with Gasteiger partial charge in [-0.05, 0) is 97.9 Å². The minimum absolute atomic E-state index is 0.0517. The van der Waals surface area contributed by atoms with Gasteiger partial charge in [-0.15, -0.1) is 11.3 Å². The lowest BCUT2D eigenvalue weighted by molar-refractivity contribution is -0.144. The number of phenols is 1. The Morgan fingerprint density at radius 2 is 1.69 bits per heavy atom. The average molecular weight is 814 g/mol. The van der Waals surface area contributed by atoms with Crippen molar-refractivity contribution in [1.29, 1.82) is 0 Å². The first-order valence-corrected chi connectivity index (χ1v) is 21.4. The fourth-order valence-electron chi connectivity index (χ4n) is 11.1. The van der Waals surface area contributed by atoms with Crippen molar-refractivity contribution in [1.82, 2.24) is 19.6 Å².